The molecule has 1 aromatic carbocycles. The molecule has 9 nitrogen and oxygen atoms in total. The van der Waals surface area contributed by atoms with Gasteiger partial charge >= 0.3 is 5.97 Å². The number of aliphatic hydroxyl groups excluding tert-OH is 1. The first-order valence-corrected chi connectivity index (χ1v) is 14.3. The molecule has 218 valence electrons. The fraction of sp³-hybridized carbons (Fsp3) is 0.667. The van der Waals surface area contributed by atoms with Crippen molar-refractivity contribution in [3.8, 4) is 0 Å². The summed E-state index contributed by atoms with van der Waals surface area (Å²) in [5, 5.41) is 20.3. The summed E-state index contributed by atoms with van der Waals surface area (Å²) in [5.41, 5.74) is 0.954. The van der Waals surface area contributed by atoms with E-state index in [0.717, 1.165) is 44.1 Å². The highest BCUT2D eigenvalue weighted by Crippen LogP contribution is 2.29. The SMILES string of the molecule is CCC(C)[C@H](NC(C)=O)C(=O)NC(CC(O)C(Cc1ccccc1)NC(=O)CCC(=O)OC)C1CCCCC1. The van der Waals surface area contributed by atoms with Crippen LogP contribution in [-0.4, -0.2) is 60.1 Å². The molecule has 1 aromatic rings. The van der Waals surface area contributed by atoms with Crippen molar-refractivity contribution in [3.05, 3.63) is 35.9 Å². The summed E-state index contributed by atoms with van der Waals surface area (Å²) in [5.74, 6) is -1.18. The van der Waals surface area contributed by atoms with Crippen molar-refractivity contribution in [1.29, 1.82) is 0 Å². The molecule has 39 heavy (non-hydrogen) atoms. The van der Waals surface area contributed by atoms with Crippen LogP contribution in [0.15, 0.2) is 30.3 Å². The molecule has 1 fully saturated rings. The molecular weight excluding hydrogens is 498 g/mol. The molecule has 0 bridgehead atoms. The number of benzene rings is 1. The van der Waals surface area contributed by atoms with Crippen LogP contribution in [0, 0.1) is 11.8 Å². The molecule has 3 amide bonds. The van der Waals surface area contributed by atoms with E-state index in [1.54, 1.807) is 0 Å². The zero-order valence-electron chi connectivity index (χ0n) is 23.9. The quantitative estimate of drug-likeness (QED) is 0.250. The Hall–Kier alpha value is -2.94. The van der Waals surface area contributed by atoms with Crippen molar-refractivity contribution in [1.82, 2.24) is 16.0 Å². The first-order valence-electron chi connectivity index (χ1n) is 14.3. The number of nitrogens with one attached hydrogen (secondary N) is 3. The Bertz CT molecular complexity index is 919. The van der Waals surface area contributed by atoms with Crippen molar-refractivity contribution in [2.45, 2.75) is 109 Å². The first-order chi connectivity index (χ1) is 18.6. The molecule has 9 heteroatoms. The smallest absolute Gasteiger partial charge is 0.306 e. The highest BCUT2D eigenvalue weighted by molar-refractivity contribution is 5.87. The molecule has 5 atom stereocenters. The number of aliphatic hydroxyl groups is 1. The molecule has 0 heterocycles. The molecule has 2 rings (SSSR count). The van der Waals surface area contributed by atoms with Gasteiger partial charge in [-0.3, -0.25) is 19.2 Å². The number of ether oxygens (including phenoxy) is 1. The molecule has 0 radical (unpaired) electrons. The zero-order chi connectivity index (χ0) is 28.8. The van der Waals surface area contributed by atoms with E-state index in [1.165, 1.54) is 14.0 Å². The molecule has 4 N–H and O–H groups in total. The molecule has 1 aliphatic rings. The third kappa shape index (κ3) is 11.4. The normalized spacial score (nSPS) is 17.7. The van der Waals surface area contributed by atoms with E-state index >= 15 is 0 Å². The first kappa shape index (κ1) is 32.3. The molecular formula is C30H47N3O6. The number of carbonyl (C=O) groups is 4. The molecule has 0 aromatic heterocycles. The lowest BCUT2D eigenvalue weighted by Gasteiger charge is -2.36. The highest BCUT2D eigenvalue weighted by atomic mass is 16.5. The van der Waals surface area contributed by atoms with Gasteiger partial charge in [0.25, 0.3) is 0 Å². The maximum atomic E-state index is 13.4. The Balaban J connectivity index is 2.22. The Morgan fingerprint density at radius 3 is 2.26 bits per heavy atom. The second-order valence-electron chi connectivity index (χ2n) is 10.8. The van der Waals surface area contributed by atoms with E-state index in [-0.39, 0.29) is 54.9 Å². The third-order valence-corrected chi connectivity index (χ3v) is 7.79. The predicted molar refractivity (Wildman–Crippen MR) is 150 cm³/mol. The van der Waals surface area contributed by atoms with E-state index in [9.17, 15) is 24.3 Å². The Morgan fingerprint density at radius 1 is 1.00 bits per heavy atom. The topological polar surface area (TPSA) is 134 Å². The summed E-state index contributed by atoms with van der Waals surface area (Å²) in [6, 6.07) is 8.00. The number of hydrogen-bond donors (Lipinski definition) is 4. The van der Waals surface area contributed by atoms with Gasteiger partial charge in [-0.1, -0.05) is 69.9 Å². The fourth-order valence-electron chi connectivity index (χ4n) is 5.27. The number of rotatable bonds is 15. The summed E-state index contributed by atoms with van der Waals surface area (Å²) in [4.78, 5) is 49.5. The lowest BCUT2D eigenvalue weighted by Crippen LogP contribution is -2.55. The van der Waals surface area contributed by atoms with Crippen molar-refractivity contribution in [2.24, 2.45) is 11.8 Å². The van der Waals surface area contributed by atoms with Crippen molar-refractivity contribution in [3.63, 3.8) is 0 Å². The minimum atomic E-state index is -0.942. The van der Waals surface area contributed by atoms with Crippen LogP contribution in [-0.2, 0) is 30.3 Å². The van der Waals surface area contributed by atoms with Crippen LogP contribution in [0.5, 0.6) is 0 Å². The van der Waals surface area contributed by atoms with Crippen LogP contribution in [0.2, 0.25) is 0 Å². The van der Waals surface area contributed by atoms with Crippen molar-refractivity contribution < 1.29 is 29.0 Å². The molecule has 0 spiro atoms. The second-order valence-corrected chi connectivity index (χ2v) is 10.8. The van der Waals surface area contributed by atoms with Gasteiger partial charge in [-0.2, -0.15) is 0 Å². The summed E-state index contributed by atoms with van der Waals surface area (Å²) in [6.45, 7) is 5.32. The number of carbonyl (C=O) groups excluding carboxylic acids is 4. The summed E-state index contributed by atoms with van der Waals surface area (Å²) in [7, 11) is 1.28. The highest BCUT2D eigenvalue weighted by Gasteiger charge is 2.34. The summed E-state index contributed by atoms with van der Waals surface area (Å²) >= 11 is 0. The number of methoxy groups -OCH3 is 1. The Kier molecular flexibility index (Phi) is 14.0. The van der Waals surface area contributed by atoms with E-state index in [0.29, 0.717) is 6.42 Å². The lowest BCUT2D eigenvalue weighted by atomic mass is 9.80. The average Bonchev–Trinajstić information content (AvgIpc) is 2.94. The maximum absolute atomic E-state index is 13.4. The van der Waals surface area contributed by atoms with E-state index < -0.39 is 24.2 Å². The van der Waals surface area contributed by atoms with Gasteiger partial charge in [0.2, 0.25) is 17.7 Å². The van der Waals surface area contributed by atoms with Crippen LogP contribution in [0.3, 0.4) is 0 Å². The third-order valence-electron chi connectivity index (χ3n) is 7.79. The van der Waals surface area contributed by atoms with Crippen LogP contribution in [0.4, 0.5) is 0 Å². The Labute approximate surface area is 232 Å². The van der Waals surface area contributed by atoms with E-state index in [1.807, 2.05) is 44.2 Å². The molecule has 4 unspecified atom stereocenters. The molecule has 0 saturated heterocycles. The predicted octanol–water partition coefficient (Wildman–Crippen LogP) is 3.03. The van der Waals surface area contributed by atoms with Gasteiger partial charge in [0.05, 0.1) is 25.7 Å². The fourth-order valence-corrected chi connectivity index (χ4v) is 5.27. The molecule has 1 saturated carbocycles. The van der Waals surface area contributed by atoms with Crippen LogP contribution < -0.4 is 16.0 Å². The van der Waals surface area contributed by atoms with Crippen LogP contribution >= 0.6 is 0 Å². The number of amides is 3. The van der Waals surface area contributed by atoms with Gasteiger partial charge < -0.3 is 25.8 Å². The minimum absolute atomic E-state index is 0.0409. The zero-order valence-corrected chi connectivity index (χ0v) is 23.9. The molecule has 1 aliphatic carbocycles. The van der Waals surface area contributed by atoms with Gasteiger partial charge in [-0.05, 0) is 43.1 Å². The van der Waals surface area contributed by atoms with Gasteiger partial charge in [0.1, 0.15) is 6.04 Å². The van der Waals surface area contributed by atoms with E-state index in [4.69, 9.17) is 0 Å². The van der Waals surface area contributed by atoms with Crippen LogP contribution in [0.1, 0.15) is 84.1 Å². The van der Waals surface area contributed by atoms with E-state index in [2.05, 4.69) is 20.7 Å². The monoisotopic (exact) mass is 545 g/mol. The van der Waals surface area contributed by atoms with Crippen molar-refractivity contribution in [2.75, 3.05) is 7.11 Å². The largest absolute Gasteiger partial charge is 0.469 e. The number of hydrogen-bond acceptors (Lipinski definition) is 6. The second kappa shape index (κ2) is 16.9. The van der Waals surface area contributed by atoms with Crippen LogP contribution in [0.25, 0.3) is 0 Å². The van der Waals surface area contributed by atoms with Gasteiger partial charge in [-0.25, -0.2) is 0 Å². The van der Waals surface area contributed by atoms with Crippen molar-refractivity contribution >= 4 is 23.7 Å². The minimum Gasteiger partial charge on any atom is -0.469 e. The van der Waals surface area contributed by atoms with Gasteiger partial charge in [0, 0.05) is 19.4 Å². The summed E-state index contributed by atoms with van der Waals surface area (Å²) in [6.07, 6.45) is 5.52. The average molecular weight is 546 g/mol. The Morgan fingerprint density at radius 2 is 1.67 bits per heavy atom. The molecule has 0 aliphatic heterocycles. The van der Waals surface area contributed by atoms with Gasteiger partial charge in [-0.15, -0.1) is 0 Å². The summed E-state index contributed by atoms with van der Waals surface area (Å²) < 4.78 is 4.64. The standard InChI is InChI=1S/C30H47N3O6/c1-5-20(2)29(31-21(3)34)30(38)33-24(23-14-10-7-11-15-23)19-26(35)25(18-22-12-8-6-9-13-22)32-27(36)16-17-28(37)39-4/h6,8-9,12-13,20,23-26,29,35H,5,7,10-11,14-19H2,1-4H3,(H,31,34)(H,32,36)(H,33,38)/t20?,24?,25?,26?,29-/m0/s1. The maximum Gasteiger partial charge on any atom is 0.306 e. The van der Waals surface area contributed by atoms with Gasteiger partial charge in [0.15, 0.2) is 0 Å². The number of esters is 1. The lowest BCUT2D eigenvalue weighted by molar-refractivity contribution is -0.142.